The van der Waals surface area contributed by atoms with Gasteiger partial charge in [-0.05, 0) is 17.5 Å². The first kappa shape index (κ1) is 12.2. The lowest BCUT2D eigenvalue weighted by atomic mass is 10.0. The van der Waals surface area contributed by atoms with Crippen molar-refractivity contribution in [3.8, 4) is 0 Å². The molecular weight excluding hydrogens is 235 g/mol. The molecule has 92 valence electrons. The van der Waals surface area contributed by atoms with Crippen LogP contribution in [0.25, 0.3) is 10.8 Å². The molecule has 2 aromatic carbocycles. The van der Waals surface area contributed by atoms with Crippen molar-refractivity contribution in [2.45, 2.75) is 6.92 Å². The smallest absolute Gasteiger partial charge is 0.303 e. The summed E-state index contributed by atoms with van der Waals surface area (Å²) in [6, 6.07) is 9.34. The van der Waals surface area contributed by atoms with Crippen molar-refractivity contribution in [3.63, 3.8) is 0 Å². The zero-order valence-corrected chi connectivity index (χ0v) is 9.77. The molecule has 0 fully saturated rings. The maximum Gasteiger partial charge on any atom is 0.303 e. The average Bonchev–Trinajstić information content (AvgIpc) is 2.37. The molecule has 0 aliphatic rings. The van der Waals surface area contributed by atoms with Gasteiger partial charge in [0.2, 0.25) is 5.78 Å². The molecule has 18 heavy (non-hydrogen) atoms. The summed E-state index contributed by atoms with van der Waals surface area (Å²) in [6.07, 6.45) is 0. The molecule has 0 saturated heterocycles. The molecule has 0 aliphatic heterocycles. The second-order valence-corrected chi connectivity index (χ2v) is 3.84. The first-order chi connectivity index (χ1) is 8.59. The van der Waals surface area contributed by atoms with Gasteiger partial charge in [0.25, 0.3) is 0 Å². The molecule has 3 nitrogen and oxygen atoms in total. The van der Waals surface area contributed by atoms with Gasteiger partial charge in [0.05, 0.1) is 0 Å². The van der Waals surface area contributed by atoms with Crippen molar-refractivity contribution in [2.24, 2.45) is 0 Å². The van der Waals surface area contributed by atoms with E-state index in [9.17, 15) is 14.0 Å². The maximum absolute atomic E-state index is 13.5. The van der Waals surface area contributed by atoms with Crippen LogP contribution in [0.15, 0.2) is 36.4 Å². The predicted molar refractivity (Wildman–Crippen MR) is 64.9 cm³/mol. The van der Waals surface area contributed by atoms with Gasteiger partial charge in [0.1, 0.15) is 5.82 Å². The summed E-state index contributed by atoms with van der Waals surface area (Å²) in [5, 5.41) is 0.904. The SMILES string of the molecule is CC(=O)OCC(=O)c1ccc(F)c2ccccc12. The Morgan fingerprint density at radius 2 is 1.78 bits per heavy atom. The van der Waals surface area contributed by atoms with Crippen LogP contribution in [0.5, 0.6) is 0 Å². The van der Waals surface area contributed by atoms with E-state index in [1.807, 2.05) is 0 Å². The van der Waals surface area contributed by atoms with Crippen molar-refractivity contribution in [1.29, 1.82) is 0 Å². The van der Waals surface area contributed by atoms with Crippen molar-refractivity contribution in [2.75, 3.05) is 6.61 Å². The number of fused-ring (bicyclic) bond motifs is 1. The summed E-state index contributed by atoms with van der Waals surface area (Å²) in [7, 11) is 0. The monoisotopic (exact) mass is 246 g/mol. The normalized spacial score (nSPS) is 10.3. The van der Waals surface area contributed by atoms with Gasteiger partial charge < -0.3 is 4.74 Å². The lowest BCUT2D eigenvalue weighted by molar-refractivity contribution is -0.139. The number of hydrogen-bond donors (Lipinski definition) is 0. The summed E-state index contributed by atoms with van der Waals surface area (Å²) in [4.78, 5) is 22.5. The van der Waals surface area contributed by atoms with Crippen LogP contribution in [0, 0.1) is 5.82 Å². The fourth-order valence-corrected chi connectivity index (χ4v) is 1.75. The van der Waals surface area contributed by atoms with E-state index >= 15 is 0 Å². The second kappa shape index (κ2) is 4.96. The predicted octanol–water partition coefficient (Wildman–Crippen LogP) is 2.72. The molecule has 0 amide bonds. The first-order valence-electron chi connectivity index (χ1n) is 5.43. The van der Waals surface area contributed by atoms with Crippen molar-refractivity contribution < 1.29 is 18.7 Å². The summed E-state index contributed by atoms with van der Waals surface area (Å²) >= 11 is 0. The fourth-order valence-electron chi connectivity index (χ4n) is 1.75. The van der Waals surface area contributed by atoms with Gasteiger partial charge in [-0.2, -0.15) is 0 Å². The van der Waals surface area contributed by atoms with E-state index in [-0.39, 0.29) is 18.2 Å². The average molecular weight is 246 g/mol. The number of ketones is 1. The molecule has 0 N–H and O–H groups in total. The van der Waals surface area contributed by atoms with Crippen LogP contribution in [-0.4, -0.2) is 18.4 Å². The van der Waals surface area contributed by atoms with E-state index in [4.69, 9.17) is 0 Å². The molecule has 0 aromatic heterocycles. The van der Waals surface area contributed by atoms with Crippen molar-refractivity contribution in [1.82, 2.24) is 0 Å². The number of esters is 1. The van der Waals surface area contributed by atoms with Crippen LogP contribution in [0.3, 0.4) is 0 Å². The van der Waals surface area contributed by atoms with E-state index in [2.05, 4.69) is 4.74 Å². The van der Waals surface area contributed by atoms with Crippen molar-refractivity contribution >= 4 is 22.5 Å². The highest BCUT2D eigenvalue weighted by Gasteiger charge is 2.13. The Balaban J connectivity index is 2.42. The van der Waals surface area contributed by atoms with Crippen LogP contribution in [0.2, 0.25) is 0 Å². The minimum absolute atomic E-state index is 0.328. The summed E-state index contributed by atoms with van der Waals surface area (Å²) in [5.41, 5.74) is 0.355. The Labute approximate surface area is 103 Å². The lowest BCUT2D eigenvalue weighted by Crippen LogP contribution is -2.12. The molecule has 0 aliphatic carbocycles. The van der Waals surface area contributed by atoms with Gasteiger partial charge in [-0.15, -0.1) is 0 Å². The first-order valence-corrected chi connectivity index (χ1v) is 5.43. The third-order valence-corrected chi connectivity index (χ3v) is 2.58. The van der Waals surface area contributed by atoms with Gasteiger partial charge in [0, 0.05) is 17.9 Å². The summed E-state index contributed by atoms with van der Waals surface area (Å²) < 4.78 is 18.2. The minimum Gasteiger partial charge on any atom is -0.457 e. The summed E-state index contributed by atoms with van der Waals surface area (Å²) in [6.45, 7) is 0.904. The van der Waals surface area contributed by atoms with E-state index in [1.165, 1.54) is 19.1 Å². The fraction of sp³-hybridized carbons (Fsp3) is 0.143. The van der Waals surface area contributed by atoms with E-state index in [0.29, 0.717) is 16.3 Å². The molecule has 0 spiro atoms. The number of ether oxygens (including phenoxy) is 1. The summed E-state index contributed by atoms with van der Waals surface area (Å²) in [5.74, 6) is -1.24. The molecule has 0 bridgehead atoms. The molecular formula is C14H11FO3. The molecule has 0 radical (unpaired) electrons. The number of rotatable bonds is 3. The van der Waals surface area contributed by atoms with Gasteiger partial charge in [-0.1, -0.05) is 24.3 Å². The Bertz CT molecular complexity index is 619. The largest absolute Gasteiger partial charge is 0.457 e. The van der Waals surface area contributed by atoms with E-state index in [0.717, 1.165) is 0 Å². The topological polar surface area (TPSA) is 43.4 Å². The van der Waals surface area contributed by atoms with Crippen LogP contribution in [0.1, 0.15) is 17.3 Å². The third kappa shape index (κ3) is 2.37. The molecule has 0 saturated carbocycles. The van der Waals surface area contributed by atoms with Gasteiger partial charge in [0.15, 0.2) is 6.61 Å². The molecule has 0 heterocycles. The van der Waals surface area contributed by atoms with Gasteiger partial charge in [-0.3, -0.25) is 9.59 Å². The van der Waals surface area contributed by atoms with Crippen LogP contribution in [-0.2, 0) is 9.53 Å². The Morgan fingerprint density at radius 3 is 2.44 bits per heavy atom. The number of halogens is 1. The highest BCUT2D eigenvalue weighted by Crippen LogP contribution is 2.22. The lowest BCUT2D eigenvalue weighted by Gasteiger charge is -2.06. The van der Waals surface area contributed by atoms with Gasteiger partial charge >= 0.3 is 5.97 Å². The minimum atomic E-state index is -0.519. The molecule has 0 unspecified atom stereocenters. The van der Waals surface area contributed by atoms with Crippen LogP contribution in [0.4, 0.5) is 4.39 Å². The Hall–Kier alpha value is -2.23. The molecule has 2 rings (SSSR count). The number of carbonyl (C=O) groups is 2. The van der Waals surface area contributed by atoms with Gasteiger partial charge in [-0.25, -0.2) is 4.39 Å². The standard InChI is InChI=1S/C14H11FO3/c1-9(16)18-8-14(17)12-6-7-13(15)11-5-3-2-4-10(11)12/h2-7H,8H2,1H3. The van der Waals surface area contributed by atoms with E-state index < -0.39 is 5.97 Å². The third-order valence-electron chi connectivity index (χ3n) is 2.58. The molecule has 4 heteroatoms. The number of carbonyl (C=O) groups excluding carboxylic acids is 2. The molecule has 0 atom stereocenters. The number of benzene rings is 2. The maximum atomic E-state index is 13.5. The zero-order chi connectivity index (χ0) is 13.1. The Morgan fingerprint density at radius 1 is 1.11 bits per heavy atom. The highest BCUT2D eigenvalue weighted by molar-refractivity contribution is 6.09. The van der Waals surface area contributed by atoms with Crippen LogP contribution >= 0.6 is 0 Å². The number of Topliss-reactive ketones (excluding diaryl/α,β-unsaturated/α-hetero) is 1. The van der Waals surface area contributed by atoms with Crippen molar-refractivity contribution in [3.05, 3.63) is 47.8 Å². The quantitative estimate of drug-likeness (QED) is 0.617. The number of hydrogen-bond acceptors (Lipinski definition) is 3. The second-order valence-electron chi connectivity index (χ2n) is 3.84. The Kier molecular flexibility index (Phi) is 3.37. The van der Waals surface area contributed by atoms with E-state index in [1.54, 1.807) is 24.3 Å². The highest BCUT2D eigenvalue weighted by atomic mass is 19.1. The van der Waals surface area contributed by atoms with Crippen LogP contribution < -0.4 is 0 Å². The molecule has 2 aromatic rings. The zero-order valence-electron chi connectivity index (χ0n) is 9.77.